The SMILES string of the molecule is c1ccc(N(c2ccc3c(c2)sc2cc(-c4cc5ccc6ccccc6c5c5c4ccc4ccccc45)ccc23)c2ccc3c4ccccc4n(-c4ccccc4)c3c2)cc1. The molecule has 11 aromatic carbocycles. The highest BCUT2D eigenvalue weighted by atomic mass is 32.1. The van der Waals surface area contributed by atoms with Crippen molar-refractivity contribution in [2.24, 2.45) is 0 Å². The van der Waals surface area contributed by atoms with Gasteiger partial charge in [-0.15, -0.1) is 11.3 Å². The largest absolute Gasteiger partial charge is 0.310 e. The molecule has 0 spiro atoms. The van der Waals surface area contributed by atoms with Crippen LogP contribution >= 0.6 is 11.3 Å². The summed E-state index contributed by atoms with van der Waals surface area (Å²) < 4.78 is 4.95. The number of aromatic nitrogens is 1. The third kappa shape index (κ3) is 5.28. The van der Waals surface area contributed by atoms with Gasteiger partial charge < -0.3 is 9.47 Å². The molecule has 284 valence electrons. The van der Waals surface area contributed by atoms with E-state index in [0.717, 1.165) is 22.7 Å². The zero-order valence-corrected chi connectivity index (χ0v) is 33.9. The van der Waals surface area contributed by atoms with Crippen LogP contribution < -0.4 is 4.90 Å². The predicted molar refractivity (Wildman–Crippen MR) is 264 cm³/mol. The van der Waals surface area contributed by atoms with E-state index in [2.05, 4.69) is 228 Å². The van der Waals surface area contributed by atoms with Crippen molar-refractivity contribution in [3.8, 4) is 16.8 Å². The van der Waals surface area contributed by atoms with Gasteiger partial charge in [-0.3, -0.25) is 0 Å². The van der Waals surface area contributed by atoms with E-state index in [9.17, 15) is 0 Å². The first kappa shape index (κ1) is 34.2. The van der Waals surface area contributed by atoms with Gasteiger partial charge in [0.25, 0.3) is 0 Å². The first-order chi connectivity index (χ1) is 30.2. The summed E-state index contributed by atoms with van der Waals surface area (Å²) in [5, 5.41) is 15.4. The summed E-state index contributed by atoms with van der Waals surface area (Å²) in [5.74, 6) is 0. The second kappa shape index (κ2) is 13.4. The average Bonchev–Trinajstić information content (AvgIpc) is 3.86. The van der Waals surface area contributed by atoms with Gasteiger partial charge in [0, 0.05) is 53.7 Å². The van der Waals surface area contributed by atoms with Crippen molar-refractivity contribution < 1.29 is 0 Å². The quantitative estimate of drug-likeness (QED) is 0.158. The van der Waals surface area contributed by atoms with Crippen LogP contribution in [0.15, 0.2) is 218 Å². The number of fused-ring (bicyclic) bond motifs is 13. The fourth-order valence-electron chi connectivity index (χ4n) is 9.98. The maximum absolute atomic E-state index is 2.42. The molecule has 61 heavy (non-hydrogen) atoms. The molecule has 0 N–H and O–H groups in total. The van der Waals surface area contributed by atoms with Crippen molar-refractivity contribution in [1.29, 1.82) is 0 Å². The predicted octanol–water partition coefficient (Wildman–Crippen LogP) is 16.9. The molecule has 0 aliphatic carbocycles. The van der Waals surface area contributed by atoms with Crippen LogP contribution in [0.4, 0.5) is 17.1 Å². The van der Waals surface area contributed by atoms with Crippen molar-refractivity contribution >= 4 is 113 Å². The van der Waals surface area contributed by atoms with E-state index in [4.69, 9.17) is 0 Å². The van der Waals surface area contributed by atoms with E-state index in [0.29, 0.717) is 0 Å². The molecular formula is C58H36N2S. The van der Waals surface area contributed by atoms with Crippen LogP contribution in [0.25, 0.3) is 102 Å². The van der Waals surface area contributed by atoms with E-state index in [1.54, 1.807) is 0 Å². The minimum absolute atomic E-state index is 1.12. The summed E-state index contributed by atoms with van der Waals surface area (Å²) in [5.41, 5.74) is 9.42. The molecule has 0 saturated carbocycles. The van der Waals surface area contributed by atoms with Crippen LogP contribution in [0.5, 0.6) is 0 Å². The Morgan fingerprint density at radius 3 is 1.67 bits per heavy atom. The van der Waals surface area contributed by atoms with Crippen LogP contribution in [0.1, 0.15) is 0 Å². The van der Waals surface area contributed by atoms with Crippen LogP contribution in [0.3, 0.4) is 0 Å². The lowest BCUT2D eigenvalue weighted by atomic mass is 9.88. The van der Waals surface area contributed by atoms with Gasteiger partial charge in [0.15, 0.2) is 0 Å². The fraction of sp³-hybridized carbons (Fsp3) is 0. The maximum atomic E-state index is 2.42. The molecule has 0 aliphatic heterocycles. The van der Waals surface area contributed by atoms with E-state index in [1.807, 2.05) is 11.3 Å². The lowest BCUT2D eigenvalue weighted by Crippen LogP contribution is -2.09. The molecule has 0 unspecified atom stereocenters. The van der Waals surface area contributed by atoms with Crippen molar-refractivity contribution in [2.45, 2.75) is 0 Å². The van der Waals surface area contributed by atoms with Gasteiger partial charge in [-0.2, -0.15) is 0 Å². The third-order valence-corrected chi connectivity index (χ3v) is 13.8. The fourth-order valence-corrected chi connectivity index (χ4v) is 11.2. The molecule has 0 fully saturated rings. The number of para-hydroxylation sites is 3. The van der Waals surface area contributed by atoms with Gasteiger partial charge in [-0.25, -0.2) is 0 Å². The maximum Gasteiger partial charge on any atom is 0.0561 e. The Morgan fingerprint density at radius 2 is 0.885 bits per heavy atom. The molecule has 0 bridgehead atoms. The Bertz CT molecular complexity index is 3880. The molecule has 0 amide bonds. The molecule has 2 heterocycles. The van der Waals surface area contributed by atoms with E-state index in [-0.39, 0.29) is 0 Å². The van der Waals surface area contributed by atoms with E-state index in [1.165, 1.54) is 96.2 Å². The van der Waals surface area contributed by atoms with Gasteiger partial charge in [-0.1, -0.05) is 152 Å². The summed E-state index contributed by atoms with van der Waals surface area (Å²) >= 11 is 1.88. The Labute approximate surface area is 356 Å². The van der Waals surface area contributed by atoms with Crippen molar-refractivity contribution in [2.75, 3.05) is 4.90 Å². The van der Waals surface area contributed by atoms with Crippen LogP contribution in [-0.2, 0) is 0 Å². The molecular weight excluding hydrogens is 757 g/mol. The Balaban J connectivity index is 0.983. The second-order valence-corrected chi connectivity index (χ2v) is 17.2. The summed E-state index contributed by atoms with van der Waals surface area (Å²) in [6.07, 6.45) is 0. The number of rotatable bonds is 5. The molecule has 0 aliphatic rings. The molecule has 0 saturated heterocycles. The smallest absolute Gasteiger partial charge is 0.0561 e. The molecule has 2 nitrogen and oxygen atoms in total. The van der Waals surface area contributed by atoms with Crippen molar-refractivity contribution in [3.63, 3.8) is 0 Å². The lowest BCUT2D eigenvalue weighted by Gasteiger charge is -2.26. The van der Waals surface area contributed by atoms with Gasteiger partial charge in [0.05, 0.1) is 11.0 Å². The summed E-state index contributed by atoms with van der Waals surface area (Å²) in [6, 6.07) is 80.5. The molecule has 3 heteroatoms. The van der Waals surface area contributed by atoms with Crippen molar-refractivity contribution in [3.05, 3.63) is 218 Å². The molecule has 0 radical (unpaired) electrons. The molecule has 0 atom stereocenters. The zero-order valence-electron chi connectivity index (χ0n) is 33.1. The first-order valence-corrected chi connectivity index (χ1v) is 21.7. The summed E-state index contributed by atoms with van der Waals surface area (Å²) in [4.78, 5) is 2.40. The third-order valence-electron chi connectivity index (χ3n) is 12.7. The number of hydrogen-bond acceptors (Lipinski definition) is 2. The van der Waals surface area contributed by atoms with Gasteiger partial charge in [0.2, 0.25) is 0 Å². The topological polar surface area (TPSA) is 8.17 Å². The highest BCUT2D eigenvalue weighted by Gasteiger charge is 2.20. The number of anilines is 3. The summed E-state index contributed by atoms with van der Waals surface area (Å²) in [6.45, 7) is 0. The average molecular weight is 793 g/mol. The Kier molecular flexibility index (Phi) is 7.51. The van der Waals surface area contributed by atoms with Gasteiger partial charge >= 0.3 is 0 Å². The minimum atomic E-state index is 1.12. The normalized spacial score (nSPS) is 11.9. The Morgan fingerprint density at radius 1 is 0.328 bits per heavy atom. The van der Waals surface area contributed by atoms with Crippen LogP contribution in [0.2, 0.25) is 0 Å². The second-order valence-electron chi connectivity index (χ2n) is 16.1. The van der Waals surface area contributed by atoms with E-state index < -0.39 is 0 Å². The van der Waals surface area contributed by atoms with E-state index >= 15 is 0 Å². The monoisotopic (exact) mass is 792 g/mol. The zero-order chi connectivity index (χ0) is 40.0. The van der Waals surface area contributed by atoms with Crippen molar-refractivity contribution in [1.82, 2.24) is 4.57 Å². The highest BCUT2D eigenvalue weighted by molar-refractivity contribution is 7.25. The molecule has 13 aromatic rings. The van der Waals surface area contributed by atoms with Gasteiger partial charge in [-0.05, 0) is 121 Å². The van der Waals surface area contributed by atoms with Crippen LogP contribution in [0, 0.1) is 0 Å². The van der Waals surface area contributed by atoms with Crippen LogP contribution in [-0.4, -0.2) is 4.57 Å². The standard InChI is InChI=1S/C58H36N2S/c1-3-15-41(16-4-1)59(43-27-31-48-47-21-11-12-22-53(47)60(54(48)35-43)42-17-5-2-6-18-42)44-28-32-50-49-29-26-39(34-55(49)61-56(50)36-44)52-33-40-24-23-37-13-7-9-19-45(37)57(40)58-46-20-10-8-14-38(46)25-30-51(52)58/h1-36H. The number of hydrogen-bond donors (Lipinski definition) is 0. The molecule has 13 rings (SSSR count). The van der Waals surface area contributed by atoms with Gasteiger partial charge in [0.1, 0.15) is 0 Å². The first-order valence-electron chi connectivity index (χ1n) is 20.9. The number of benzene rings is 11. The Hall–Kier alpha value is -7.72. The molecule has 2 aromatic heterocycles. The summed E-state index contributed by atoms with van der Waals surface area (Å²) in [7, 11) is 0. The number of thiophene rings is 1. The number of nitrogens with zero attached hydrogens (tertiary/aromatic N) is 2. The lowest BCUT2D eigenvalue weighted by molar-refractivity contribution is 1.18. The minimum Gasteiger partial charge on any atom is -0.310 e. The highest BCUT2D eigenvalue weighted by Crippen LogP contribution is 2.46.